The van der Waals surface area contributed by atoms with Gasteiger partial charge in [0.05, 0.1) is 25.9 Å². The van der Waals surface area contributed by atoms with Gasteiger partial charge in [0.2, 0.25) is 0 Å². The third-order valence-electron chi connectivity index (χ3n) is 1.31. The van der Waals surface area contributed by atoms with Crippen molar-refractivity contribution in [1.29, 1.82) is 0 Å². The van der Waals surface area contributed by atoms with Gasteiger partial charge in [0.25, 0.3) is 11.8 Å². The number of ether oxygens (including phenoxy) is 2. The molecule has 1 unspecified atom stereocenters. The van der Waals surface area contributed by atoms with Gasteiger partial charge in [-0.2, -0.15) is 0 Å². The van der Waals surface area contributed by atoms with Crippen LogP contribution in [0.3, 0.4) is 0 Å². The number of aliphatic hydroxyl groups is 2. The van der Waals surface area contributed by atoms with Crippen molar-refractivity contribution in [1.82, 2.24) is 0 Å². The maximum absolute atomic E-state index is 12.0. The molecule has 0 saturated carbocycles. The Balaban J connectivity index is 0. The largest absolute Gasteiger partial charge is 0.394 e. The third-order valence-corrected chi connectivity index (χ3v) is 1.31. The number of aliphatic hydroxyl groups excluding tert-OH is 2. The van der Waals surface area contributed by atoms with E-state index in [1.807, 2.05) is 0 Å². The van der Waals surface area contributed by atoms with Crippen molar-refractivity contribution < 1.29 is 37.2 Å². The Morgan fingerprint density at radius 1 is 1.00 bits per heavy atom. The average molecular weight is 294 g/mol. The Labute approximate surface area is 110 Å². The molecular weight excluding hydrogens is 272 g/mol. The van der Waals surface area contributed by atoms with Crippen LogP contribution in [0.4, 0.5) is 17.6 Å². The van der Waals surface area contributed by atoms with Crippen molar-refractivity contribution in [3.8, 4) is 0 Å². The minimum absolute atomic E-state index is 0.0244. The zero-order chi connectivity index (χ0) is 15.5. The molecule has 0 spiro atoms. The topological polar surface area (TPSA) is 58.9 Å². The van der Waals surface area contributed by atoms with Crippen LogP contribution in [0.25, 0.3) is 0 Å². The van der Waals surface area contributed by atoms with Crippen molar-refractivity contribution in [2.45, 2.75) is 38.7 Å². The van der Waals surface area contributed by atoms with Crippen LogP contribution >= 0.6 is 0 Å². The van der Waals surface area contributed by atoms with Crippen molar-refractivity contribution in [2.24, 2.45) is 0 Å². The highest BCUT2D eigenvalue weighted by atomic mass is 19.3. The first-order valence-corrected chi connectivity index (χ1v) is 5.68. The van der Waals surface area contributed by atoms with Crippen LogP contribution in [-0.2, 0) is 9.47 Å². The summed E-state index contributed by atoms with van der Waals surface area (Å²) in [5.74, 6) is -5.58. The summed E-state index contributed by atoms with van der Waals surface area (Å²) in [6.45, 7) is 1.50. The molecule has 0 aliphatic carbocycles. The van der Waals surface area contributed by atoms with E-state index in [0.29, 0.717) is 0 Å². The van der Waals surface area contributed by atoms with Crippen LogP contribution in [0.15, 0.2) is 0 Å². The molecule has 0 heterocycles. The number of hydrogen-bond donors (Lipinski definition) is 2. The molecule has 0 aromatic heterocycles. The molecule has 0 amide bonds. The van der Waals surface area contributed by atoms with Crippen LogP contribution in [0, 0.1) is 0 Å². The number of halogens is 4. The second-order valence-electron chi connectivity index (χ2n) is 4.28. The van der Waals surface area contributed by atoms with Gasteiger partial charge in [-0.15, -0.1) is 0 Å². The summed E-state index contributed by atoms with van der Waals surface area (Å²) in [5.41, 5.74) is 0. The van der Waals surface area contributed by atoms with Gasteiger partial charge in [-0.25, -0.2) is 17.6 Å². The Kier molecular flexibility index (Phi) is 11.4. The maximum atomic E-state index is 12.0. The van der Waals surface area contributed by atoms with Crippen LogP contribution < -0.4 is 0 Å². The Bertz CT molecular complexity index is 202. The summed E-state index contributed by atoms with van der Waals surface area (Å²) >= 11 is 0. The molecule has 0 bridgehead atoms. The van der Waals surface area contributed by atoms with Crippen LogP contribution in [-0.4, -0.2) is 61.2 Å². The summed E-state index contributed by atoms with van der Waals surface area (Å²) in [5, 5.41) is 16.7. The zero-order valence-electron chi connectivity index (χ0n) is 11.3. The fraction of sp³-hybridized carbons (Fsp3) is 1.00. The van der Waals surface area contributed by atoms with Crippen LogP contribution in [0.5, 0.6) is 0 Å². The van der Waals surface area contributed by atoms with Gasteiger partial charge in [-0.1, -0.05) is 0 Å². The third kappa shape index (κ3) is 27.0. The SMILES string of the molecule is CC(F)(F)COCCO.CC(O)COCC(C)(F)F. The van der Waals surface area contributed by atoms with Gasteiger partial charge < -0.3 is 19.7 Å². The van der Waals surface area contributed by atoms with E-state index in [1.165, 1.54) is 6.92 Å². The van der Waals surface area contributed by atoms with Gasteiger partial charge >= 0.3 is 0 Å². The molecule has 118 valence electrons. The van der Waals surface area contributed by atoms with E-state index in [1.54, 1.807) is 0 Å². The quantitative estimate of drug-likeness (QED) is 0.528. The highest BCUT2D eigenvalue weighted by Gasteiger charge is 2.21. The second-order valence-corrected chi connectivity index (χ2v) is 4.28. The number of rotatable bonds is 8. The lowest BCUT2D eigenvalue weighted by molar-refractivity contribution is -0.0768. The summed E-state index contributed by atoms with van der Waals surface area (Å²) in [6.07, 6.45) is -0.678. The van der Waals surface area contributed by atoms with Crippen molar-refractivity contribution in [3.05, 3.63) is 0 Å². The highest BCUT2D eigenvalue weighted by molar-refractivity contribution is 4.55. The van der Waals surface area contributed by atoms with Crippen LogP contribution in [0.2, 0.25) is 0 Å². The molecule has 0 radical (unpaired) electrons. The number of alkyl halides is 4. The van der Waals surface area contributed by atoms with Crippen molar-refractivity contribution in [3.63, 3.8) is 0 Å². The minimum atomic E-state index is -2.80. The van der Waals surface area contributed by atoms with E-state index in [4.69, 9.17) is 10.2 Å². The van der Waals surface area contributed by atoms with Gasteiger partial charge in [0.15, 0.2) is 0 Å². The predicted molar refractivity (Wildman–Crippen MR) is 61.6 cm³/mol. The molecule has 0 aliphatic heterocycles. The Hall–Kier alpha value is -0.440. The minimum Gasteiger partial charge on any atom is -0.394 e. The standard InChI is InChI=1S/C6H12F2O2.C5H10F2O2/c1-5(9)3-10-4-6(2,7)8;1-5(6,7)4-9-3-2-8/h5,9H,3-4H2,1-2H3;8H,2-4H2,1H3. The first-order valence-electron chi connectivity index (χ1n) is 5.68. The van der Waals surface area contributed by atoms with E-state index < -0.39 is 31.2 Å². The fourth-order valence-corrected chi connectivity index (χ4v) is 0.725. The molecule has 2 N–H and O–H groups in total. The highest BCUT2D eigenvalue weighted by Crippen LogP contribution is 2.11. The molecule has 0 fully saturated rings. The Morgan fingerprint density at radius 2 is 1.42 bits per heavy atom. The molecule has 1 atom stereocenters. The van der Waals surface area contributed by atoms with Gasteiger partial charge in [0.1, 0.15) is 13.2 Å². The molecule has 4 nitrogen and oxygen atoms in total. The molecule has 0 saturated heterocycles. The summed E-state index contributed by atoms with van der Waals surface area (Å²) in [6, 6.07) is 0. The van der Waals surface area contributed by atoms with Gasteiger partial charge in [0, 0.05) is 13.8 Å². The normalized spacial score (nSPS) is 13.7. The Morgan fingerprint density at radius 3 is 1.74 bits per heavy atom. The molecule has 0 rings (SSSR count). The van der Waals surface area contributed by atoms with Crippen molar-refractivity contribution >= 4 is 0 Å². The summed E-state index contributed by atoms with van der Waals surface area (Å²) in [4.78, 5) is 0. The van der Waals surface area contributed by atoms with Gasteiger partial charge in [-0.05, 0) is 6.92 Å². The smallest absolute Gasteiger partial charge is 0.268 e. The molecule has 0 aliphatic rings. The first kappa shape index (κ1) is 20.9. The second kappa shape index (κ2) is 10.4. The lowest BCUT2D eigenvalue weighted by Crippen LogP contribution is -2.22. The van der Waals surface area contributed by atoms with E-state index in [-0.39, 0.29) is 19.8 Å². The van der Waals surface area contributed by atoms with E-state index >= 15 is 0 Å². The van der Waals surface area contributed by atoms with Gasteiger partial charge in [-0.3, -0.25) is 0 Å². The lowest BCUT2D eigenvalue weighted by atomic mass is 10.4. The van der Waals surface area contributed by atoms with E-state index in [2.05, 4.69) is 9.47 Å². The molecule has 0 aromatic carbocycles. The average Bonchev–Trinajstić information content (AvgIpc) is 2.14. The monoisotopic (exact) mass is 294 g/mol. The number of hydrogen-bond acceptors (Lipinski definition) is 4. The van der Waals surface area contributed by atoms with E-state index in [9.17, 15) is 17.6 Å². The zero-order valence-corrected chi connectivity index (χ0v) is 11.3. The van der Waals surface area contributed by atoms with E-state index in [0.717, 1.165) is 13.8 Å². The lowest BCUT2D eigenvalue weighted by Gasteiger charge is -2.11. The first-order chi connectivity index (χ1) is 8.48. The molecular formula is C11H22F4O4. The van der Waals surface area contributed by atoms with Crippen LogP contribution in [0.1, 0.15) is 20.8 Å². The molecule has 0 aromatic rings. The fourth-order valence-electron chi connectivity index (χ4n) is 0.725. The molecule has 8 heteroatoms. The van der Waals surface area contributed by atoms with Crippen molar-refractivity contribution in [2.75, 3.05) is 33.0 Å². The maximum Gasteiger partial charge on any atom is 0.268 e. The predicted octanol–water partition coefficient (Wildman–Crippen LogP) is 1.69. The summed E-state index contributed by atoms with van der Waals surface area (Å²) < 4.78 is 56.4. The summed E-state index contributed by atoms with van der Waals surface area (Å²) in [7, 11) is 0. The molecule has 19 heavy (non-hydrogen) atoms.